The molecule has 0 aliphatic carbocycles. The predicted octanol–water partition coefficient (Wildman–Crippen LogP) is 0.510. The van der Waals surface area contributed by atoms with Crippen molar-refractivity contribution in [3.05, 3.63) is 6.67 Å². The summed E-state index contributed by atoms with van der Waals surface area (Å²) < 4.78 is 0. The zero-order valence-corrected chi connectivity index (χ0v) is 4.63. The Labute approximate surface area is 43.8 Å². The largest absolute Gasteiger partial charge is 0.274 e. The smallest absolute Gasteiger partial charge is 0.138 e. The van der Waals surface area contributed by atoms with Crippen LogP contribution in [0.15, 0.2) is 4.99 Å². The molecule has 0 spiro atoms. The van der Waals surface area contributed by atoms with E-state index in [1.54, 1.807) is 0 Å². The second kappa shape index (κ2) is 1.62. The summed E-state index contributed by atoms with van der Waals surface area (Å²) in [6.45, 7) is 3.93. The molecule has 1 unspecified atom stereocenters. The minimum Gasteiger partial charge on any atom is -0.274 e. The number of hydrogen-bond donors (Lipinski definition) is 0. The van der Waals surface area contributed by atoms with Gasteiger partial charge in [-0.15, -0.1) is 0 Å². The van der Waals surface area contributed by atoms with Crippen molar-refractivity contribution in [3.63, 3.8) is 0 Å². The van der Waals surface area contributed by atoms with Crippen LogP contribution in [-0.4, -0.2) is 24.2 Å². The second-order valence-electron chi connectivity index (χ2n) is 1.82. The Morgan fingerprint density at radius 2 is 2.43 bits per heavy atom. The van der Waals surface area contributed by atoms with Gasteiger partial charge in [0.15, 0.2) is 0 Å². The molecule has 0 aromatic rings. The average molecular weight is 97.1 g/mol. The summed E-state index contributed by atoms with van der Waals surface area (Å²) >= 11 is 0. The first-order valence-corrected chi connectivity index (χ1v) is 2.39. The van der Waals surface area contributed by atoms with E-state index in [4.69, 9.17) is 0 Å². The molecule has 1 aliphatic heterocycles. The molecule has 0 aromatic heterocycles. The van der Waals surface area contributed by atoms with Gasteiger partial charge in [0.1, 0.15) is 6.67 Å². The van der Waals surface area contributed by atoms with Gasteiger partial charge in [0.2, 0.25) is 0 Å². The van der Waals surface area contributed by atoms with Crippen LogP contribution in [0.25, 0.3) is 0 Å². The molecule has 0 saturated carbocycles. The molecule has 39 valence electrons. The lowest BCUT2D eigenvalue weighted by molar-refractivity contribution is 0.406. The van der Waals surface area contributed by atoms with Gasteiger partial charge in [-0.2, -0.15) is 0 Å². The lowest BCUT2D eigenvalue weighted by Crippen LogP contribution is -2.21. The van der Waals surface area contributed by atoms with E-state index in [1.165, 1.54) is 0 Å². The van der Waals surface area contributed by atoms with E-state index >= 15 is 0 Å². The standard InChI is InChI=1S/C5H9N2/c1-5-3-6-4-7(5)2/h3-5H,1-2H3. The van der Waals surface area contributed by atoms with Crippen molar-refractivity contribution in [3.8, 4) is 0 Å². The summed E-state index contributed by atoms with van der Waals surface area (Å²) in [6, 6.07) is 0.500. The minimum absolute atomic E-state index is 0.500. The lowest BCUT2D eigenvalue weighted by Gasteiger charge is -2.09. The fraction of sp³-hybridized carbons (Fsp3) is 0.600. The van der Waals surface area contributed by atoms with E-state index in [2.05, 4.69) is 16.8 Å². The topological polar surface area (TPSA) is 15.6 Å². The van der Waals surface area contributed by atoms with Gasteiger partial charge in [0, 0.05) is 12.3 Å². The van der Waals surface area contributed by atoms with Gasteiger partial charge in [0.05, 0.1) is 0 Å². The van der Waals surface area contributed by atoms with Crippen LogP contribution in [0.4, 0.5) is 0 Å². The van der Waals surface area contributed by atoms with Crippen molar-refractivity contribution in [1.29, 1.82) is 0 Å². The van der Waals surface area contributed by atoms with Crippen LogP contribution < -0.4 is 0 Å². The van der Waals surface area contributed by atoms with Crippen molar-refractivity contribution in [2.45, 2.75) is 13.0 Å². The van der Waals surface area contributed by atoms with Gasteiger partial charge in [-0.05, 0) is 14.0 Å². The Morgan fingerprint density at radius 1 is 1.71 bits per heavy atom. The van der Waals surface area contributed by atoms with Crippen LogP contribution in [0.3, 0.4) is 0 Å². The van der Waals surface area contributed by atoms with Gasteiger partial charge in [-0.1, -0.05) is 0 Å². The van der Waals surface area contributed by atoms with E-state index in [1.807, 2.05) is 19.9 Å². The van der Waals surface area contributed by atoms with Crippen LogP contribution >= 0.6 is 0 Å². The molecule has 0 bridgehead atoms. The highest BCUT2D eigenvalue weighted by molar-refractivity contribution is 5.66. The maximum absolute atomic E-state index is 3.92. The number of hydrogen-bond acceptors (Lipinski definition) is 2. The average Bonchev–Trinajstić information content (AvgIpc) is 1.91. The van der Waals surface area contributed by atoms with Crippen molar-refractivity contribution in [2.75, 3.05) is 7.05 Å². The van der Waals surface area contributed by atoms with Crippen molar-refractivity contribution >= 4 is 6.21 Å². The molecular weight excluding hydrogens is 88.1 g/mol. The van der Waals surface area contributed by atoms with Crippen molar-refractivity contribution < 1.29 is 0 Å². The Hall–Kier alpha value is -0.370. The third kappa shape index (κ3) is 0.800. The van der Waals surface area contributed by atoms with Crippen molar-refractivity contribution in [1.82, 2.24) is 4.90 Å². The quantitative estimate of drug-likeness (QED) is 0.430. The lowest BCUT2D eigenvalue weighted by atomic mass is 10.4. The van der Waals surface area contributed by atoms with Crippen LogP contribution in [0.1, 0.15) is 6.92 Å². The van der Waals surface area contributed by atoms with E-state index in [0.717, 1.165) is 0 Å². The van der Waals surface area contributed by atoms with Crippen LogP contribution in [0.2, 0.25) is 0 Å². The number of nitrogens with zero attached hydrogens (tertiary/aromatic N) is 2. The normalized spacial score (nSPS) is 32.0. The zero-order valence-electron chi connectivity index (χ0n) is 4.63. The van der Waals surface area contributed by atoms with E-state index in [9.17, 15) is 0 Å². The molecule has 1 aliphatic rings. The maximum atomic E-state index is 3.92. The SMILES string of the molecule is CC1C=N[CH]N1C. The van der Waals surface area contributed by atoms with Gasteiger partial charge in [-0.25, -0.2) is 0 Å². The van der Waals surface area contributed by atoms with Crippen LogP contribution in [0, 0.1) is 6.67 Å². The molecule has 7 heavy (non-hydrogen) atoms. The monoisotopic (exact) mass is 97.1 g/mol. The fourth-order valence-electron chi connectivity index (χ4n) is 0.479. The van der Waals surface area contributed by atoms with Crippen molar-refractivity contribution in [2.24, 2.45) is 4.99 Å². The first kappa shape index (κ1) is 4.78. The molecule has 2 heteroatoms. The van der Waals surface area contributed by atoms with E-state index in [0.29, 0.717) is 6.04 Å². The third-order valence-corrected chi connectivity index (χ3v) is 1.19. The Kier molecular flexibility index (Phi) is 1.11. The molecule has 1 atom stereocenters. The molecule has 1 rings (SSSR count). The zero-order chi connectivity index (χ0) is 5.28. The maximum Gasteiger partial charge on any atom is 0.138 e. The Morgan fingerprint density at radius 3 is 2.57 bits per heavy atom. The Bertz CT molecular complexity index is 88.1. The molecule has 0 aromatic carbocycles. The van der Waals surface area contributed by atoms with E-state index < -0.39 is 0 Å². The molecule has 0 saturated heterocycles. The summed E-state index contributed by atoms with van der Waals surface area (Å²) in [4.78, 5) is 5.98. The molecule has 0 N–H and O–H groups in total. The van der Waals surface area contributed by atoms with Crippen LogP contribution in [-0.2, 0) is 0 Å². The summed E-state index contributed by atoms with van der Waals surface area (Å²) in [5, 5.41) is 0. The van der Waals surface area contributed by atoms with Gasteiger partial charge >= 0.3 is 0 Å². The minimum atomic E-state index is 0.500. The summed E-state index contributed by atoms with van der Waals surface area (Å²) in [6.07, 6.45) is 1.92. The number of aliphatic imine (C=N–C) groups is 1. The second-order valence-corrected chi connectivity index (χ2v) is 1.82. The first-order chi connectivity index (χ1) is 3.30. The molecule has 1 heterocycles. The number of rotatable bonds is 0. The van der Waals surface area contributed by atoms with E-state index in [-0.39, 0.29) is 0 Å². The van der Waals surface area contributed by atoms with Gasteiger partial charge < -0.3 is 0 Å². The Balaban J connectivity index is 2.45. The molecule has 0 amide bonds. The molecular formula is C5H9N2. The summed E-state index contributed by atoms with van der Waals surface area (Å²) in [5.74, 6) is 0. The molecule has 2 nitrogen and oxygen atoms in total. The highest BCUT2D eigenvalue weighted by Crippen LogP contribution is 2.02. The fourth-order valence-corrected chi connectivity index (χ4v) is 0.479. The van der Waals surface area contributed by atoms with Gasteiger partial charge in [0.25, 0.3) is 0 Å². The van der Waals surface area contributed by atoms with Gasteiger partial charge in [-0.3, -0.25) is 9.89 Å². The first-order valence-electron chi connectivity index (χ1n) is 2.39. The highest BCUT2D eigenvalue weighted by Gasteiger charge is 2.09. The third-order valence-electron chi connectivity index (χ3n) is 1.19. The van der Waals surface area contributed by atoms with Crippen LogP contribution in [0.5, 0.6) is 0 Å². The summed E-state index contributed by atoms with van der Waals surface area (Å²) in [5.41, 5.74) is 0. The predicted molar refractivity (Wildman–Crippen MR) is 30.0 cm³/mol. The molecule has 0 fully saturated rings. The highest BCUT2D eigenvalue weighted by atomic mass is 15.2. The summed E-state index contributed by atoms with van der Waals surface area (Å²) in [7, 11) is 2.01. The molecule has 1 radical (unpaired) electrons.